The smallest absolute Gasteiger partial charge is 0.132 e. The molecule has 0 bridgehead atoms. The minimum Gasteiger partial charge on any atom is -0.497 e. The van der Waals surface area contributed by atoms with Gasteiger partial charge in [0, 0.05) is 38.4 Å². The molecule has 0 fully saturated rings. The van der Waals surface area contributed by atoms with E-state index in [1.807, 2.05) is 82.2 Å². The first-order chi connectivity index (χ1) is 24.8. The molecule has 2 unspecified atom stereocenters. The van der Waals surface area contributed by atoms with Gasteiger partial charge in [0.2, 0.25) is 0 Å². The number of Topliss-reactive ketones (excluding diaryl/α,β-unsaturated/α-hetero) is 1. The summed E-state index contributed by atoms with van der Waals surface area (Å²) in [6.45, 7) is 40.1. The van der Waals surface area contributed by atoms with Crippen molar-refractivity contribution < 1.29 is 19.0 Å². The van der Waals surface area contributed by atoms with E-state index in [0.29, 0.717) is 25.6 Å². The highest BCUT2D eigenvalue weighted by Gasteiger charge is 2.14. The lowest BCUT2D eigenvalue weighted by Crippen LogP contribution is -2.31. The summed E-state index contributed by atoms with van der Waals surface area (Å²) < 4.78 is 17.6. The molecule has 1 aliphatic carbocycles. The zero-order chi connectivity index (χ0) is 41.1. The number of allylic oxidation sites excluding steroid dienone is 3. The van der Waals surface area contributed by atoms with Gasteiger partial charge in [0.05, 0.1) is 13.7 Å². The number of hydrogen-bond donors (Lipinski definition) is 2. The van der Waals surface area contributed by atoms with Crippen LogP contribution >= 0.6 is 0 Å². The lowest BCUT2D eigenvalue weighted by atomic mass is 9.97. The number of ketones is 1. The van der Waals surface area contributed by atoms with E-state index in [1.54, 1.807) is 14.0 Å². The summed E-state index contributed by atoms with van der Waals surface area (Å²) in [5, 5.41) is 6.87. The first-order valence-corrected chi connectivity index (χ1v) is 21.2. The van der Waals surface area contributed by atoms with Crippen LogP contribution in [0.4, 0.5) is 0 Å². The predicted octanol–water partition coefficient (Wildman–Crippen LogP) is 13.8. The molecule has 2 atom stereocenters. The Morgan fingerprint density at radius 2 is 1.37 bits per heavy atom. The van der Waals surface area contributed by atoms with Gasteiger partial charge < -0.3 is 29.6 Å². The quantitative estimate of drug-likeness (QED) is 0.0563. The number of carbonyl (C=O) groups is 1. The molecule has 6 nitrogen and oxygen atoms in total. The summed E-state index contributed by atoms with van der Waals surface area (Å²) in [6.07, 6.45) is 22.3. The third kappa shape index (κ3) is 55.0. The Labute approximate surface area is 323 Å². The fourth-order valence-corrected chi connectivity index (χ4v) is 3.67. The molecule has 0 aliphatic heterocycles. The fraction of sp³-hybridized carbons (Fsp3) is 0.800. The maximum atomic E-state index is 9.81. The summed E-state index contributed by atoms with van der Waals surface area (Å²) >= 11 is 0. The summed E-state index contributed by atoms with van der Waals surface area (Å²) in [5.74, 6) is 2.69. The predicted molar refractivity (Wildman–Crippen MR) is 234 cm³/mol. The van der Waals surface area contributed by atoms with Gasteiger partial charge in [-0.25, -0.2) is 0 Å². The maximum absolute atomic E-state index is 9.81. The van der Waals surface area contributed by atoms with Crippen molar-refractivity contribution in [1.29, 1.82) is 0 Å². The molecule has 310 valence electrons. The average molecular weight is 729 g/mol. The molecule has 0 amide bonds. The second-order valence-electron chi connectivity index (χ2n) is 10.8. The summed E-state index contributed by atoms with van der Waals surface area (Å²) in [4.78, 5) is 9.81. The molecule has 0 saturated carbocycles. The molecular weight excluding hydrogens is 633 g/mol. The van der Waals surface area contributed by atoms with Gasteiger partial charge in [-0.1, -0.05) is 167 Å². The largest absolute Gasteiger partial charge is 0.497 e. The van der Waals surface area contributed by atoms with E-state index in [4.69, 9.17) is 14.2 Å². The van der Waals surface area contributed by atoms with Crippen LogP contribution in [0.3, 0.4) is 0 Å². The van der Waals surface area contributed by atoms with Crippen molar-refractivity contribution in [2.24, 2.45) is 5.92 Å². The van der Waals surface area contributed by atoms with Crippen molar-refractivity contribution in [3.63, 3.8) is 0 Å². The number of ether oxygens (including phenoxy) is 3. The van der Waals surface area contributed by atoms with Crippen LogP contribution in [0.5, 0.6) is 0 Å². The molecular formula is C45H96N2O4. The second kappa shape index (κ2) is 63.2. The van der Waals surface area contributed by atoms with E-state index in [-0.39, 0.29) is 11.9 Å². The van der Waals surface area contributed by atoms with E-state index in [0.717, 1.165) is 44.1 Å². The molecule has 0 aromatic carbocycles. The first-order valence-electron chi connectivity index (χ1n) is 21.2. The monoisotopic (exact) mass is 729 g/mol. The minimum atomic E-state index is -0.122. The highest BCUT2D eigenvalue weighted by atomic mass is 16.5. The normalized spacial score (nSPS) is 13.2. The van der Waals surface area contributed by atoms with E-state index in [9.17, 15) is 4.79 Å². The molecule has 51 heavy (non-hydrogen) atoms. The van der Waals surface area contributed by atoms with Crippen molar-refractivity contribution in [3.8, 4) is 0 Å². The van der Waals surface area contributed by atoms with Gasteiger partial charge in [-0.05, 0) is 51.7 Å². The van der Waals surface area contributed by atoms with Crippen LogP contribution in [0.1, 0.15) is 189 Å². The molecule has 6 heteroatoms. The van der Waals surface area contributed by atoms with Crippen molar-refractivity contribution in [2.75, 3.05) is 40.1 Å². The summed E-state index contributed by atoms with van der Waals surface area (Å²) in [7, 11) is 1.74. The van der Waals surface area contributed by atoms with Gasteiger partial charge in [0.25, 0.3) is 0 Å². The number of unbranched alkanes of at least 4 members (excludes halogenated alkanes) is 5. The Morgan fingerprint density at radius 1 is 0.863 bits per heavy atom. The van der Waals surface area contributed by atoms with Crippen LogP contribution in [0, 0.1) is 5.92 Å². The van der Waals surface area contributed by atoms with Crippen molar-refractivity contribution >= 4 is 5.78 Å². The van der Waals surface area contributed by atoms with Crippen LogP contribution in [0.25, 0.3) is 0 Å². The Kier molecular flexibility index (Phi) is 79.4. The van der Waals surface area contributed by atoms with Crippen LogP contribution in [-0.4, -0.2) is 52.0 Å². The lowest BCUT2D eigenvalue weighted by Gasteiger charge is -2.20. The number of methoxy groups -OCH3 is 1. The highest BCUT2D eigenvalue weighted by Crippen LogP contribution is 2.22. The Morgan fingerprint density at radius 3 is 1.82 bits per heavy atom. The molecule has 0 radical (unpaired) electrons. The van der Waals surface area contributed by atoms with Crippen LogP contribution in [-0.2, 0) is 19.0 Å². The highest BCUT2D eigenvalue weighted by molar-refractivity contribution is 5.74. The SMILES string of the molecule is CC.CC.CC.CC.CC=CC(OCC)/C(=C\CNCNCC1=CCC(C)C=C1OC)OCCCCCCCC.CCC.CCC.CCC(C)=O. The van der Waals surface area contributed by atoms with E-state index in [1.165, 1.54) is 50.5 Å². The average Bonchev–Trinajstić information content (AvgIpc) is 3.16. The number of carbonyl (C=O) groups excluding carboxylic acids is 1. The fourth-order valence-electron chi connectivity index (χ4n) is 3.67. The van der Waals surface area contributed by atoms with Crippen LogP contribution in [0.2, 0.25) is 0 Å². The molecule has 1 rings (SSSR count). The molecule has 0 aromatic heterocycles. The number of nitrogens with one attached hydrogen (secondary N) is 2. The summed E-state index contributed by atoms with van der Waals surface area (Å²) in [5.41, 5.74) is 1.23. The molecule has 0 saturated heterocycles. The molecule has 0 aromatic rings. The van der Waals surface area contributed by atoms with E-state index < -0.39 is 0 Å². The Hall–Kier alpha value is -1.89. The maximum Gasteiger partial charge on any atom is 0.132 e. The van der Waals surface area contributed by atoms with Crippen LogP contribution in [0.15, 0.2) is 47.5 Å². The Balaban J connectivity index is -0.000000170. The second-order valence-corrected chi connectivity index (χ2v) is 10.8. The standard InChI is InChI=1S/C27H48N2O3.C4H8O.2C3H8.4C2H6/c1-6-9-10-11-12-13-19-32-26(25(14-7-2)31-8-3)17-18-28-22-29-21-24-16-15-23(4)20-27(24)30-5;1-3-4(2)5;2*1-3-2;4*1-2/h7,14,16-17,20,23,25,28-29H,6,8-13,15,18-19,21-22H2,1-5H3;3H2,1-2H3;2*3H2,1-2H3;4*1-2H3/b14-7?,26-17+;;;;;;;. The molecule has 1 aliphatic rings. The molecule has 0 heterocycles. The van der Waals surface area contributed by atoms with Gasteiger partial charge in [-0.15, -0.1) is 0 Å². The topological polar surface area (TPSA) is 68.8 Å². The molecule has 0 spiro atoms. The van der Waals surface area contributed by atoms with Gasteiger partial charge in [0.1, 0.15) is 23.4 Å². The van der Waals surface area contributed by atoms with E-state index in [2.05, 4.69) is 76.5 Å². The first kappa shape index (κ1) is 64.1. The molecule has 2 N–H and O–H groups in total. The zero-order valence-electron chi connectivity index (χ0n) is 38.3. The van der Waals surface area contributed by atoms with Crippen molar-refractivity contribution in [1.82, 2.24) is 10.6 Å². The third-order valence-corrected chi connectivity index (χ3v) is 5.98. The van der Waals surface area contributed by atoms with Gasteiger partial charge in [-0.3, -0.25) is 0 Å². The summed E-state index contributed by atoms with van der Waals surface area (Å²) in [6, 6.07) is 0. The van der Waals surface area contributed by atoms with Crippen LogP contribution < -0.4 is 10.6 Å². The number of rotatable bonds is 20. The Bertz CT molecular complexity index is 728. The van der Waals surface area contributed by atoms with Gasteiger partial charge in [-0.2, -0.15) is 0 Å². The van der Waals surface area contributed by atoms with Gasteiger partial charge >= 0.3 is 0 Å². The van der Waals surface area contributed by atoms with Gasteiger partial charge in [0.15, 0.2) is 0 Å². The number of hydrogen-bond acceptors (Lipinski definition) is 6. The van der Waals surface area contributed by atoms with Crippen molar-refractivity contribution in [2.45, 2.75) is 195 Å². The van der Waals surface area contributed by atoms with Crippen molar-refractivity contribution in [3.05, 3.63) is 47.5 Å². The zero-order valence-corrected chi connectivity index (χ0v) is 38.3. The third-order valence-electron chi connectivity index (χ3n) is 5.98. The minimum absolute atomic E-state index is 0.122. The lowest BCUT2D eigenvalue weighted by molar-refractivity contribution is -0.116. The van der Waals surface area contributed by atoms with E-state index >= 15 is 0 Å².